The first-order chi connectivity index (χ1) is 11.9. The minimum atomic E-state index is -1.06. The Labute approximate surface area is 153 Å². The van der Waals surface area contributed by atoms with E-state index in [0.29, 0.717) is 40.6 Å². The number of amides is 2. The lowest BCUT2D eigenvalue weighted by molar-refractivity contribution is -0.145. The third-order valence-corrected chi connectivity index (χ3v) is 5.13. The van der Waals surface area contributed by atoms with Gasteiger partial charge >= 0.3 is 5.97 Å². The van der Waals surface area contributed by atoms with Gasteiger partial charge in [-0.1, -0.05) is 6.92 Å². The van der Waals surface area contributed by atoms with Crippen molar-refractivity contribution in [2.45, 2.75) is 45.1 Å². The summed E-state index contributed by atoms with van der Waals surface area (Å²) in [6.07, 6.45) is 2.39. The van der Waals surface area contributed by atoms with Gasteiger partial charge in [-0.2, -0.15) is 0 Å². The molecule has 0 saturated heterocycles. The Morgan fingerprint density at radius 1 is 1.24 bits per heavy atom. The first-order valence-electron chi connectivity index (χ1n) is 8.23. The monoisotopic (exact) mass is 407 g/mol. The lowest BCUT2D eigenvalue weighted by Gasteiger charge is -2.19. The van der Waals surface area contributed by atoms with Crippen molar-refractivity contribution >= 4 is 39.4 Å². The van der Waals surface area contributed by atoms with Gasteiger partial charge in [0.05, 0.1) is 10.2 Å². The van der Waals surface area contributed by atoms with E-state index >= 15 is 0 Å². The van der Waals surface area contributed by atoms with Crippen LogP contribution in [0.15, 0.2) is 33.8 Å². The summed E-state index contributed by atoms with van der Waals surface area (Å²) in [5.41, 5.74) is 1.61. The quantitative estimate of drug-likeness (QED) is 0.755. The molecule has 0 aromatic heterocycles. The Kier molecular flexibility index (Phi) is 4.94. The number of carboxylic acid groups (broad SMARTS) is 1. The molecule has 3 rings (SSSR count). The number of nitrogens with zero attached hydrogens (tertiary/aromatic N) is 1. The molecule has 1 aliphatic carbocycles. The number of benzene rings is 1. The van der Waals surface area contributed by atoms with Gasteiger partial charge in [-0.05, 0) is 60.2 Å². The molecule has 7 heteroatoms. The van der Waals surface area contributed by atoms with Gasteiger partial charge in [0.2, 0.25) is 0 Å². The van der Waals surface area contributed by atoms with E-state index in [1.54, 1.807) is 19.1 Å². The largest absolute Gasteiger partial charge is 0.479 e. The number of carbonyl (C=O) groups is 3. The van der Waals surface area contributed by atoms with Crippen molar-refractivity contribution in [2.75, 3.05) is 4.90 Å². The third kappa shape index (κ3) is 3.20. The number of carboxylic acids is 1. The molecule has 0 spiro atoms. The fraction of sp³-hybridized carbons (Fsp3) is 0.389. The van der Waals surface area contributed by atoms with E-state index in [1.165, 1.54) is 6.07 Å². The van der Waals surface area contributed by atoms with Crippen molar-refractivity contribution in [2.24, 2.45) is 0 Å². The zero-order chi connectivity index (χ0) is 18.1. The Balaban J connectivity index is 1.91. The Hall–Kier alpha value is -2.15. The van der Waals surface area contributed by atoms with E-state index in [9.17, 15) is 14.4 Å². The minimum Gasteiger partial charge on any atom is -0.479 e. The van der Waals surface area contributed by atoms with E-state index < -0.39 is 12.1 Å². The molecular weight excluding hydrogens is 390 g/mol. The molecule has 25 heavy (non-hydrogen) atoms. The number of carbonyl (C=O) groups excluding carboxylic acids is 2. The average molecular weight is 408 g/mol. The van der Waals surface area contributed by atoms with Crippen LogP contribution < -0.4 is 9.64 Å². The summed E-state index contributed by atoms with van der Waals surface area (Å²) in [7, 11) is 0. The molecule has 2 amide bonds. The van der Waals surface area contributed by atoms with Gasteiger partial charge in [-0.3, -0.25) is 9.59 Å². The van der Waals surface area contributed by atoms with Gasteiger partial charge in [0.1, 0.15) is 5.75 Å². The van der Waals surface area contributed by atoms with Gasteiger partial charge in [0, 0.05) is 17.2 Å². The highest BCUT2D eigenvalue weighted by atomic mass is 79.9. The molecule has 0 radical (unpaired) electrons. The Morgan fingerprint density at radius 2 is 1.84 bits per heavy atom. The van der Waals surface area contributed by atoms with Crippen LogP contribution in [0.4, 0.5) is 5.69 Å². The van der Waals surface area contributed by atoms with Crippen LogP contribution in [0.1, 0.15) is 39.0 Å². The van der Waals surface area contributed by atoms with Crippen LogP contribution in [0, 0.1) is 0 Å². The number of imide groups is 1. The van der Waals surface area contributed by atoms with Crippen LogP contribution in [0.3, 0.4) is 0 Å². The van der Waals surface area contributed by atoms with E-state index in [2.05, 4.69) is 15.9 Å². The standard InChI is InChI=1S/C18H18BrNO5/c1-2-14(18(23)24)25-15-9-10(7-8-13(15)19)20-16(21)11-5-3-4-6-12(11)17(20)22/h7-9,14H,2-6H2,1H3,(H,23,24). The molecule has 0 fully saturated rings. The molecule has 1 atom stereocenters. The molecule has 0 saturated carbocycles. The number of hydrogen-bond acceptors (Lipinski definition) is 4. The second kappa shape index (κ2) is 7.00. The highest BCUT2D eigenvalue weighted by molar-refractivity contribution is 9.10. The maximum Gasteiger partial charge on any atom is 0.344 e. The van der Waals surface area contributed by atoms with Crippen molar-refractivity contribution in [1.29, 1.82) is 0 Å². The van der Waals surface area contributed by atoms with Crippen molar-refractivity contribution < 1.29 is 24.2 Å². The molecule has 1 aromatic rings. The summed E-state index contributed by atoms with van der Waals surface area (Å²) in [5, 5.41) is 9.16. The Bertz CT molecular complexity index is 758. The van der Waals surface area contributed by atoms with Crippen LogP contribution in [0.2, 0.25) is 0 Å². The predicted octanol–water partition coefficient (Wildman–Crippen LogP) is 3.43. The first-order valence-corrected chi connectivity index (χ1v) is 9.03. The minimum absolute atomic E-state index is 0.279. The molecule has 1 heterocycles. The van der Waals surface area contributed by atoms with Gasteiger partial charge in [-0.15, -0.1) is 0 Å². The number of anilines is 1. The normalized spacial score (nSPS) is 18.4. The van der Waals surface area contributed by atoms with Crippen molar-refractivity contribution in [3.63, 3.8) is 0 Å². The summed E-state index contributed by atoms with van der Waals surface area (Å²) in [4.78, 5) is 37.6. The summed E-state index contributed by atoms with van der Waals surface area (Å²) < 4.78 is 6.10. The van der Waals surface area contributed by atoms with Gasteiger partial charge < -0.3 is 9.84 Å². The maximum atomic E-state index is 12.6. The fourth-order valence-electron chi connectivity index (χ4n) is 3.16. The van der Waals surface area contributed by atoms with Gasteiger partial charge in [0.25, 0.3) is 11.8 Å². The number of aliphatic carboxylic acids is 1. The summed E-state index contributed by atoms with van der Waals surface area (Å²) in [5.74, 6) is -1.33. The van der Waals surface area contributed by atoms with Crippen LogP contribution in [0.25, 0.3) is 0 Å². The molecule has 1 aromatic carbocycles. The molecule has 0 bridgehead atoms. The molecule has 1 unspecified atom stereocenters. The lowest BCUT2D eigenvalue weighted by Crippen LogP contribution is -2.31. The number of halogens is 1. The number of rotatable bonds is 5. The topological polar surface area (TPSA) is 83.9 Å². The van der Waals surface area contributed by atoms with E-state index in [-0.39, 0.29) is 17.6 Å². The van der Waals surface area contributed by atoms with Crippen molar-refractivity contribution in [3.8, 4) is 5.75 Å². The zero-order valence-electron chi connectivity index (χ0n) is 13.8. The first kappa shape index (κ1) is 17.7. The zero-order valence-corrected chi connectivity index (χ0v) is 15.3. The summed E-state index contributed by atoms with van der Waals surface area (Å²) >= 11 is 3.32. The number of ether oxygens (including phenoxy) is 1. The van der Waals surface area contributed by atoms with Crippen molar-refractivity contribution in [3.05, 3.63) is 33.8 Å². The Morgan fingerprint density at radius 3 is 2.36 bits per heavy atom. The second-order valence-electron chi connectivity index (χ2n) is 6.08. The van der Waals surface area contributed by atoms with E-state index in [1.807, 2.05) is 0 Å². The maximum absolute atomic E-state index is 12.6. The highest BCUT2D eigenvalue weighted by Gasteiger charge is 2.39. The van der Waals surface area contributed by atoms with Crippen LogP contribution in [-0.2, 0) is 14.4 Å². The number of hydrogen-bond donors (Lipinski definition) is 1. The lowest BCUT2D eigenvalue weighted by atomic mass is 9.93. The summed E-state index contributed by atoms with van der Waals surface area (Å²) in [6.45, 7) is 1.71. The van der Waals surface area contributed by atoms with Crippen LogP contribution >= 0.6 is 15.9 Å². The smallest absolute Gasteiger partial charge is 0.344 e. The molecular formula is C18H18BrNO5. The SMILES string of the molecule is CCC(Oc1cc(N2C(=O)C3=C(CCCC3)C2=O)ccc1Br)C(=O)O. The molecule has 1 N–H and O–H groups in total. The van der Waals surface area contributed by atoms with Gasteiger partial charge in [0.15, 0.2) is 6.10 Å². The molecule has 132 valence electrons. The molecule has 6 nitrogen and oxygen atoms in total. The summed E-state index contributed by atoms with van der Waals surface area (Å²) in [6, 6.07) is 4.83. The van der Waals surface area contributed by atoms with E-state index in [4.69, 9.17) is 9.84 Å². The third-order valence-electron chi connectivity index (χ3n) is 4.48. The van der Waals surface area contributed by atoms with Crippen molar-refractivity contribution in [1.82, 2.24) is 0 Å². The van der Waals surface area contributed by atoms with Crippen LogP contribution in [-0.4, -0.2) is 29.0 Å². The van der Waals surface area contributed by atoms with Gasteiger partial charge in [-0.25, -0.2) is 9.69 Å². The van der Waals surface area contributed by atoms with E-state index in [0.717, 1.165) is 17.7 Å². The predicted molar refractivity (Wildman–Crippen MR) is 94.5 cm³/mol. The fourth-order valence-corrected chi connectivity index (χ4v) is 3.50. The average Bonchev–Trinajstić information content (AvgIpc) is 2.85. The highest BCUT2D eigenvalue weighted by Crippen LogP contribution is 2.38. The molecule has 2 aliphatic rings. The molecule has 1 aliphatic heterocycles. The second-order valence-corrected chi connectivity index (χ2v) is 6.93. The van der Waals surface area contributed by atoms with Crippen LogP contribution in [0.5, 0.6) is 5.75 Å².